The zero-order chi connectivity index (χ0) is 21.3. The summed E-state index contributed by atoms with van der Waals surface area (Å²) in [7, 11) is 0. The lowest BCUT2D eigenvalue weighted by Crippen LogP contribution is -2.71. The van der Waals surface area contributed by atoms with Gasteiger partial charge in [-0.2, -0.15) is 5.10 Å². The normalized spacial score (nSPS) is 21.9. The van der Waals surface area contributed by atoms with Crippen LogP contribution in [0.2, 0.25) is 5.02 Å². The van der Waals surface area contributed by atoms with Gasteiger partial charge in [0.15, 0.2) is 0 Å². The number of fused-ring (bicyclic) bond motifs is 1. The largest absolute Gasteiger partial charge is 0.477 e. The smallest absolute Gasteiger partial charge is 0.352 e. The molecule has 1 aromatic rings. The third-order valence-electron chi connectivity index (χ3n) is 4.51. The monoisotopic (exact) mass is 442 g/mol. The van der Waals surface area contributed by atoms with Gasteiger partial charge in [-0.3, -0.25) is 24.0 Å². The van der Waals surface area contributed by atoms with Crippen molar-refractivity contribution in [3.8, 4) is 0 Å². The van der Waals surface area contributed by atoms with Crippen LogP contribution < -0.4 is 5.32 Å². The summed E-state index contributed by atoms with van der Waals surface area (Å²) in [4.78, 5) is 48.9. The second-order valence-corrected chi connectivity index (χ2v) is 8.26. The van der Waals surface area contributed by atoms with Crippen molar-refractivity contribution in [2.45, 2.75) is 31.8 Å². The van der Waals surface area contributed by atoms with Crippen molar-refractivity contribution in [3.63, 3.8) is 0 Å². The Hall–Kier alpha value is -2.53. The molecule has 0 saturated carbocycles. The first kappa shape index (κ1) is 21.2. The van der Waals surface area contributed by atoms with E-state index >= 15 is 0 Å². The summed E-state index contributed by atoms with van der Waals surface area (Å²) in [5, 5.41) is 16.2. The average molecular weight is 443 g/mol. The topological polar surface area (TPSA) is 131 Å². The lowest BCUT2D eigenvalue weighted by molar-refractivity contribution is -0.151. The molecule has 1 fully saturated rings. The number of ether oxygens (including phenoxy) is 1. The Morgan fingerprint density at radius 3 is 2.79 bits per heavy atom. The third kappa shape index (κ3) is 4.40. The average Bonchev–Trinajstić information content (AvgIpc) is 3.07. The summed E-state index contributed by atoms with van der Waals surface area (Å²) in [6.45, 7) is 3.01. The van der Waals surface area contributed by atoms with Crippen molar-refractivity contribution in [3.05, 3.63) is 28.7 Å². The van der Waals surface area contributed by atoms with Gasteiger partial charge in [-0.1, -0.05) is 18.5 Å². The van der Waals surface area contributed by atoms with E-state index in [4.69, 9.17) is 16.3 Å². The lowest BCUT2D eigenvalue weighted by Gasteiger charge is -2.49. The minimum Gasteiger partial charge on any atom is -0.477 e. The molecule has 0 bridgehead atoms. The van der Waals surface area contributed by atoms with E-state index in [-0.39, 0.29) is 30.5 Å². The van der Waals surface area contributed by atoms with Crippen LogP contribution in [0.25, 0.3) is 0 Å². The first-order valence-electron chi connectivity index (χ1n) is 8.70. The van der Waals surface area contributed by atoms with E-state index in [1.54, 1.807) is 13.1 Å². The van der Waals surface area contributed by atoms with Crippen molar-refractivity contribution in [2.75, 3.05) is 12.4 Å². The molecule has 2 aliphatic heterocycles. The highest BCUT2D eigenvalue weighted by Crippen LogP contribution is 2.40. The minimum atomic E-state index is -1.28. The number of halogens is 1. The molecule has 0 spiro atoms. The van der Waals surface area contributed by atoms with Crippen LogP contribution in [-0.4, -0.2) is 67.3 Å². The number of thioether (sulfide) groups is 1. The van der Waals surface area contributed by atoms with Crippen molar-refractivity contribution in [1.29, 1.82) is 0 Å². The SMILES string of the molecule is CC(=O)OCC1=C(C(=O)O)N2C(=O)[C@H](NC(=O)[C@@H](C)Cn3cc(Cl)cn3)[C@H]2SC1. The van der Waals surface area contributed by atoms with Gasteiger partial charge in [-0.25, -0.2) is 4.79 Å². The molecule has 1 aromatic heterocycles. The number of esters is 1. The number of carbonyl (C=O) groups is 4. The Morgan fingerprint density at radius 2 is 2.21 bits per heavy atom. The van der Waals surface area contributed by atoms with E-state index in [0.717, 1.165) is 4.90 Å². The fourth-order valence-corrected chi connectivity index (χ4v) is 4.56. The zero-order valence-electron chi connectivity index (χ0n) is 15.6. The van der Waals surface area contributed by atoms with Gasteiger partial charge in [-0.05, 0) is 0 Å². The number of carbonyl (C=O) groups excluding carboxylic acids is 3. The molecule has 1 saturated heterocycles. The molecule has 2 aliphatic rings. The van der Waals surface area contributed by atoms with Crippen LogP contribution in [-0.2, 0) is 30.5 Å². The molecule has 0 radical (unpaired) electrons. The molecule has 2 amide bonds. The number of nitrogens with zero attached hydrogens (tertiary/aromatic N) is 3. The molecular weight excluding hydrogens is 424 g/mol. The van der Waals surface area contributed by atoms with Gasteiger partial charge >= 0.3 is 11.9 Å². The van der Waals surface area contributed by atoms with Crippen LogP contribution in [0.3, 0.4) is 0 Å². The fourth-order valence-electron chi connectivity index (χ4n) is 3.08. The van der Waals surface area contributed by atoms with Gasteiger partial charge in [0, 0.05) is 24.4 Å². The maximum absolute atomic E-state index is 12.6. The number of nitrogens with one attached hydrogen (secondary N) is 1. The summed E-state index contributed by atoms with van der Waals surface area (Å²) >= 11 is 7.12. The summed E-state index contributed by atoms with van der Waals surface area (Å²) in [6.07, 6.45) is 3.05. The molecule has 0 unspecified atom stereocenters. The van der Waals surface area contributed by atoms with E-state index in [2.05, 4.69) is 10.4 Å². The van der Waals surface area contributed by atoms with Crippen LogP contribution in [0.15, 0.2) is 23.7 Å². The van der Waals surface area contributed by atoms with Crippen molar-refractivity contribution < 1.29 is 29.0 Å². The molecule has 12 heteroatoms. The maximum Gasteiger partial charge on any atom is 0.352 e. The van der Waals surface area contributed by atoms with Crippen molar-refractivity contribution in [2.24, 2.45) is 5.92 Å². The van der Waals surface area contributed by atoms with E-state index in [9.17, 15) is 24.3 Å². The van der Waals surface area contributed by atoms with Crippen LogP contribution >= 0.6 is 23.4 Å². The molecule has 10 nitrogen and oxygen atoms in total. The minimum absolute atomic E-state index is 0.190. The molecule has 29 heavy (non-hydrogen) atoms. The van der Waals surface area contributed by atoms with Gasteiger partial charge in [0.1, 0.15) is 23.7 Å². The van der Waals surface area contributed by atoms with Gasteiger partial charge in [0.2, 0.25) is 5.91 Å². The van der Waals surface area contributed by atoms with Gasteiger partial charge < -0.3 is 15.2 Å². The molecule has 0 aliphatic carbocycles. The van der Waals surface area contributed by atoms with Crippen LogP contribution in [0.5, 0.6) is 0 Å². The number of hydrogen-bond acceptors (Lipinski definition) is 7. The first-order valence-corrected chi connectivity index (χ1v) is 10.1. The quantitative estimate of drug-likeness (QED) is 0.460. The molecule has 3 heterocycles. The molecule has 3 rings (SSSR count). The van der Waals surface area contributed by atoms with Crippen molar-refractivity contribution >= 4 is 47.1 Å². The lowest BCUT2D eigenvalue weighted by atomic mass is 10.0. The number of aromatic nitrogens is 2. The Labute approximate surface area is 175 Å². The highest BCUT2D eigenvalue weighted by molar-refractivity contribution is 8.00. The number of carboxylic acids is 1. The van der Waals surface area contributed by atoms with E-state index in [1.807, 2.05) is 0 Å². The first-order chi connectivity index (χ1) is 13.7. The van der Waals surface area contributed by atoms with E-state index in [1.165, 1.54) is 29.6 Å². The Kier molecular flexibility index (Phi) is 6.18. The predicted molar refractivity (Wildman–Crippen MR) is 103 cm³/mol. The van der Waals surface area contributed by atoms with Crippen LogP contribution in [0.1, 0.15) is 13.8 Å². The Bertz CT molecular complexity index is 900. The molecular formula is C17H19ClN4O6S. The summed E-state index contributed by atoms with van der Waals surface area (Å²) < 4.78 is 6.42. The van der Waals surface area contributed by atoms with Crippen molar-refractivity contribution in [1.82, 2.24) is 20.0 Å². The van der Waals surface area contributed by atoms with Gasteiger partial charge in [0.25, 0.3) is 5.91 Å². The molecule has 3 atom stereocenters. The van der Waals surface area contributed by atoms with Gasteiger partial charge in [-0.15, -0.1) is 11.8 Å². The summed E-state index contributed by atoms with van der Waals surface area (Å²) in [5.74, 6) is -2.88. The highest BCUT2D eigenvalue weighted by atomic mass is 35.5. The van der Waals surface area contributed by atoms with E-state index < -0.39 is 35.2 Å². The number of hydrogen-bond donors (Lipinski definition) is 2. The molecule has 2 N–H and O–H groups in total. The number of carboxylic acid groups (broad SMARTS) is 1. The third-order valence-corrected chi connectivity index (χ3v) is 6.04. The summed E-state index contributed by atoms with van der Waals surface area (Å²) in [6, 6.07) is -0.819. The van der Waals surface area contributed by atoms with E-state index in [0.29, 0.717) is 10.6 Å². The predicted octanol–water partition coefficient (Wildman–Crippen LogP) is 0.474. The number of amides is 2. The van der Waals surface area contributed by atoms with Gasteiger partial charge in [0.05, 0.1) is 23.7 Å². The number of aliphatic carboxylic acids is 1. The Balaban J connectivity index is 1.66. The maximum atomic E-state index is 12.6. The summed E-state index contributed by atoms with van der Waals surface area (Å²) in [5.41, 5.74) is 0.153. The number of β-lactam (4-membered cyclic amide) rings is 1. The fraction of sp³-hybridized carbons (Fsp3) is 0.471. The second-order valence-electron chi connectivity index (χ2n) is 6.72. The standard InChI is InChI=1S/C17H19ClN4O6S/c1-8(4-21-5-11(18)3-19-21)14(24)20-12-15(25)22-13(17(26)27)10(6-28-9(2)23)7-29-16(12)22/h3,5,8,12,16H,4,6-7H2,1-2H3,(H,20,24)(H,26,27)/t8-,12-,16+/m0/s1. The molecule has 0 aromatic carbocycles. The highest BCUT2D eigenvalue weighted by Gasteiger charge is 2.54. The van der Waals surface area contributed by atoms with Crippen LogP contribution in [0, 0.1) is 5.92 Å². The second kappa shape index (κ2) is 8.46. The zero-order valence-corrected chi connectivity index (χ0v) is 17.2. The molecule has 156 valence electrons. The van der Waals surface area contributed by atoms with Crippen LogP contribution in [0.4, 0.5) is 0 Å². The number of rotatable bonds is 7. The Morgan fingerprint density at radius 1 is 1.48 bits per heavy atom.